The number of methoxy groups -OCH3 is 1. The first-order chi connectivity index (χ1) is 11.6. The molecular weight excluding hydrogens is 320 g/mol. The molecule has 3 rings (SSSR count). The van der Waals surface area contributed by atoms with E-state index in [0.29, 0.717) is 11.3 Å². The van der Waals surface area contributed by atoms with Gasteiger partial charge in [0.05, 0.1) is 12.7 Å². The van der Waals surface area contributed by atoms with Crippen LogP contribution in [0, 0.1) is 11.6 Å². The number of nitrogens with zero attached hydrogens (tertiary/aromatic N) is 3. The van der Waals surface area contributed by atoms with Crippen LogP contribution in [0.4, 0.5) is 14.7 Å². The van der Waals surface area contributed by atoms with Crippen LogP contribution in [-0.4, -0.2) is 33.6 Å². The largest absolute Gasteiger partial charge is 0.497 e. The number of hydrogen-bond donors (Lipinski definition) is 2. The topological polar surface area (TPSA) is 92.8 Å². The van der Waals surface area contributed by atoms with Crippen molar-refractivity contribution < 1.29 is 18.3 Å². The third kappa shape index (κ3) is 3.05. The van der Waals surface area contributed by atoms with E-state index < -0.39 is 17.5 Å². The lowest BCUT2D eigenvalue weighted by Crippen LogP contribution is -2.14. The van der Waals surface area contributed by atoms with E-state index in [1.54, 1.807) is 6.07 Å². The second-order valence-corrected chi connectivity index (χ2v) is 4.73. The van der Waals surface area contributed by atoms with Gasteiger partial charge in [0.2, 0.25) is 0 Å². The third-order valence-electron chi connectivity index (χ3n) is 3.27. The van der Waals surface area contributed by atoms with Crippen molar-refractivity contribution in [1.82, 2.24) is 20.6 Å². The number of tetrazole rings is 1. The minimum Gasteiger partial charge on any atom is -0.497 e. The van der Waals surface area contributed by atoms with Gasteiger partial charge in [-0.2, -0.15) is 5.21 Å². The van der Waals surface area contributed by atoms with Gasteiger partial charge in [-0.15, -0.1) is 5.10 Å². The smallest absolute Gasteiger partial charge is 0.270 e. The van der Waals surface area contributed by atoms with E-state index >= 15 is 0 Å². The number of nitrogens with one attached hydrogen (secondary N) is 2. The molecular formula is C15H11F2N5O2. The standard InChI is InChI=1S/C15H11F2N5O2/c1-24-9-3-5-10(13(17)7-9)8-2-4-11(12(16)6-8)14(23)18-15-19-21-22-20-15/h2-7H,1H3,(H2,18,19,20,21,22,23). The van der Waals surface area contributed by atoms with Gasteiger partial charge in [-0.1, -0.05) is 11.2 Å². The fourth-order valence-electron chi connectivity index (χ4n) is 2.11. The summed E-state index contributed by atoms with van der Waals surface area (Å²) in [6, 6.07) is 8.01. The minimum atomic E-state index is -0.802. The van der Waals surface area contributed by atoms with Crippen LogP contribution in [0.25, 0.3) is 11.1 Å². The van der Waals surface area contributed by atoms with Crippen LogP contribution in [0.15, 0.2) is 36.4 Å². The van der Waals surface area contributed by atoms with Crippen molar-refractivity contribution in [2.45, 2.75) is 0 Å². The fraction of sp³-hybridized carbons (Fsp3) is 0.0667. The first-order valence-corrected chi connectivity index (χ1v) is 6.76. The zero-order valence-corrected chi connectivity index (χ0v) is 12.4. The molecule has 0 aliphatic heterocycles. The molecule has 0 bridgehead atoms. The van der Waals surface area contributed by atoms with Gasteiger partial charge in [0, 0.05) is 11.6 Å². The molecule has 0 radical (unpaired) electrons. The number of amides is 1. The van der Waals surface area contributed by atoms with E-state index in [2.05, 4.69) is 25.9 Å². The lowest BCUT2D eigenvalue weighted by atomic mass is 10.0. The molecule has 0 unspecified atom stereocenters. The summed E-state index contributed by atoms with van der Waals surface area (Å²) in [6.45, 7) is 0. The van der Waals surface area contributed by atoms with Gasteiger partial charge in [0.15, 0.2) is 0 Å². The number of halogens is 2. The zero-order valence-electron chi connectivity index (χ0n) is 12.4. The second-order valence-electron chi connectivity index (χ2n) is 4.73. The van der Waals surface area contributed by atoms with Gasteiger partial charge in [-0.3, -0.25) is 10.1 Å². The molecule has 1 amide bonds. The molecule has 1 aromatic heterocycles. The molecule has 0 atom stereocenters. The predicted molar refractivity (Wildman–Crippen MR) is 80.5 cm³/mol. The SMILES string of the molecule is COc1ccc(-c2ccc(C(=O)Nc3nn[nH]n3)c(F)c2)c(F)c1. The Labute approximate surface area is 134 Å². The predicted octanol–water partition coefficient (Wildman–Crippen LogP) is 2.41. The molecule has 1 heterocycles. The number of H-pyrrole nitrogens is 1. The van der Waals surface area contributed by atoms with Crippen LogP contribution in [-0.2, 0) is 0 Å². The van der Waals surface area contributed by atoms with Crippen LogP contribution >= 0.6 is 0 Å². The summed E-state index contributed by atoms with van der Waals surface area (Å²) in [7, 11) is 1.42. The summed E-state index contributed by atoms with van der Waals surface area (Å²) in [5, 5.41) is 14.8. The highest BCUT2D eigenvalue weighted by atomic mass is 19.1. The van der Waals surface area contributed by atoms with Gasteiger partial charge in [0.25, 0.3) is 11.9 Å². The second kappa shape index (κ2) is 6.41. The van der Waals surface area contributed by atoms with Crippen LogP contribution < -0.4 is 10.1 Å². The molecule has 2 N–H and O–H groups in total. The average Bonchev–Trinajstić information content (AvgIpc) is 3.07. The Kier molecular flexibility index (Phi) is 4.15. The Bertz CT molecular complexity index is 884. The molecule has 0 spiro atoms. The van der Waals surface area contributed by atoms with E-state index in [-0.39, 0.29) is 17.1 Å². The molecule has 0 saturated heterocycles. The molecule has 0 aliphatic rings. The van der Waals surface area contributed by atoms with Crippen LogP contribution in [0.5, 0.6) is 5.75 Å². The van der Waals surface area contributed by atoms with Gasteiger partial charge in [0.1, 0.15) is 17.4 Å². The van der Waals surface area contributed by atoms with Crippen molar-refractivity contribution in [2.75, 3.05) is 12.4 Å². The van der Waals surface area contributed by atoms with Crippen molar-refractivity contribution in [1.29, 1.82) is 0 Å². The quantitative estimate of drug-likeness (QED) is 0.766. The van der Waals surface area contributed by atoms with E-state index in [4.69, 9.17) is 4.74 Å². The number of hydrogen-bond acceptors (Lipinski definition) is 5. The van der Waals surface area contributed by atoms with Gasteiger partial charge in [-0.25, -0.2) is 8.78 Å². The number of aromatic amines is 1. The number of aromatic nitrogens is 4. The Morgan fingerprint density at radius 2 is 2.00 bits per heavy atom. The summed E-state index contributed by atoms with van der Waals surface area (Å²) in [5.74, 6) is -1.82. The zero-order chi connectivity index (χ0) is 17.1. The fourth-order valence-corrected chi connectivity index (χ4v) is 2.11. The highest BCUT2D eigenvalue weighted by Gasteiger charge is 2.16. The monoisotopic (exact) mass is 331 g/mol. The average molecular weight is 331 g/mol. The van der Waals surface area contributed by atoms with Gasteiger partial charge in [-0.05, 0) is 35.0 Å². The summed E-state index contributed by atoms with van der Waals surface area (Å²) < 4.78 is 33.2. The third-order valence-corrected chi connectivity index (χ3v) is 3.27. The summed E-state index contributed by atoms with van der Waals surface area (Å²) in [6.07, 6.45) is 0. The lowest BCUT2D eigenvalue weighted by Gasteiger charge is -2.08. The van der Waals surface area contributed by atoms with E-state index in [1.165, 1.54) is 31.4 Å². The normalized spacial score (nSPS) is 10.5. The van der Waals surface area contributed by atoms with E-state index in [9.17, 15) is 13.6 Å². The molecule has 0 fully saturated rings. The number of carbonyl (C=O) groups excluding carboxylic acids is 1. The molecule has 9 heteroatoms. The maximum atomic E-state index is 14.2. The Morgan fingerprint density at radius 3 is 2.62 bits per heavy atom. The number of anilines is 1. The minimum absolute atomic E-state index is 0.0790. The summed E-state index contributed by atoms with van der Waals surface area (Å²) >= 11 is 0. The van der Waals surface area contributed by atoms with Crippen molar-refractivity contribution in [2.24, 2.45) is 0 Å². The summed E-state index contributed by atoms with van der Waals surface area (Å²) in [5.41, 5.74) is 0.265. The highest BCUT2D eigenvalue weighted by Crippen LogP contribution is 2.27. The van der Waals surface area contributed by atoms with Gasteiger partial charge < -0.3 is 4.74 Å². The van der Waals surface area contributed by atoms with Crippen LogP contribution in [0.2, 0.25) is 0 Å². The number of ether oxygens (including phenoxy) is 1. The molecule has 2 aromatic carbocycles. The first kappa shape index (κ1) is 15.5. The number of rotatable bonds is 4. The Balaban J connectivity index is 1.88. The van der Waals surface area contributed by atoms with Crippen LogP contribution in [0.3, 0.4) is 0 Å². The first-order valence-electron chi connectivity index (χ1n) is 6.76. The van der Waals surface area contributed by atoms with Gasteiger partial charge >= 0.3 is 0 Å². The van der Waals surface area contributed by atoms with Crippen molar-refractivity contribution in [3.05, 3.63) is 53.6 Å². The van der Waals surface area contributed by atoms with Crippen molar-refractivity contribution >= 4 is 11.9 Å². The molecule has 122 valence electrons. The lowest BCUT2D eigenvalue weighted by molar-refractivity contribution is 0.102. The Morgan fingerprint density at radius 1 is 1.17 bits per heavy atom. The number of benzene rings is 2. The van der Waals surface area contributed by atoms with Crippen LogP contribution in [0.1, 0.15) is 10.4 Å². The molecule has 24 heavy (non-hydrogen) atoms. The summed E-state index contributed by atoms with van der Waals surface area (Å²) in [4.78, 5) is 12.0. The number of carbonyl (C=O) groups is 1. The van der Waals surface area contributed by atoms with Crippen molar-refractivity contribution in [3.8, 4) is 16.9 Å². The highest BCUT2D eigenvalue weighted by molar-refractivity contribution is 6.03. The maximum Gasteiger partial charge on any atom is 0.270 e. The molecule has 3 aromatic rings. The molecule has 0 aliphatic carbocycles. The van der Waals surface area contributed by atoms with Crippen molar-refractivity contribution in [3.63, 3.8) is 0 Å². The maximum absolute atomic E-state index is 14.2. The molecule has 0 saturated carbocycles. The van der Waals surface area contributed by atoms with E-state index in [0.717, 1.165) is 6.07 Å². The molecule has 7 nitrogen and oxygen atoms in total. The van der Waals surface area contributed by atoms with E-state index in [1.807, 2.05) is 0 Å². The Hall–Kier alpha value is -3.36.